The summed E-state index contributed by atoms with van der Waals surface area (Å²) < 4.78 is 4.95. The third-order valence-electron chi connectivity index (χ3n) is 3.45. The van der Waals surface area contributed by atoms with E-state index < -0.39 is 5.97 Å². The molecule has 1 aliphatic heterocycles. The molecule has 0 saturated carbocycles. The van der Waals surface area contributed by atoms with Crippen molar-refractivity contribution in [2.24, 2.45) is 0 Å². The van der Waals surface area contributed by atoms with Crippen molar-refractivity contribution in [1.82, 2.24) is 4.90 Å². The normalized spacial score (nSPS) is 14.0. The number of nitrogens with zero attached hydrogens (tertiary/aromatic N) is 1. The number of anilines is 2. The smallest absolute Gasteiger partial charge is 0.340 e. The van der Waals surface area contributed by atoms with Gasteiger partial charge in [-0.15, -0.1) is 0 Å². The molecule has 21 heavy (non-hydrogen) atoms. The predicted molar refractivity (Wildman–Crippen MR) is 81.1 cm³/mol. The monoisotopic (exact) mass is 291 g/mol. The summed E-state index contributed by atoms with van der Waals surface area (Å²) in [5, 5.41) is 3.03. The lowest BCUT2D eigenvalue weighted by Gasteiger charge is -2.16. The second-order valence-corrected chi connectivity index (χ2v) is 4.96. The standard InChI is InChI=1S/C15H21N3O3/c1-2-21-15(20)12-9-11(5-6-13(12)16)17-10-14(19)18-7-3-4-8-18/h5-6,9,17H,2-4,7-8,10,16H2,1H3. The molecule has 0 unspecified atom stereocenters. The molecule has 2 rings (SSSR count). The highest BCUT2D eigenvalue weighted by Gasteiger charge is 2.17. The molecule has 1 aromatic carbocycles. The van der Waals surface area contributed by atoms with E-state index in [4.69, 9.17) is 10.5 Å². The van der Waals surface area contributed by atoms with Crippen molar-refractivity contribution >= 4 is 23.3 Å². The fourth-order valence-electron chi connectivity index (χ4n) is 2.31. The number of amides is 1. The van der Waals surface area contributed by atoms with Crippen molar-refractivity contribution in [1.29, 1.82) is 0 Å². The number of nitrogen functional groups attached to an aromatic ring is 1. The zero-order valence-electron chi connectivity index (χ0n) is 12.2. The van der Waals surface area contributed by atoms with Crippen molar-refractivity contribution in [2.45, 2.75) is 19.8 Å². The lowest BCUT2D eigenvalue weighted by molar-refractivity contribution is -0.128. The number of carbonyl (C=O) groups excluding carboxylic acids is 2. The Labute approximate surface area is 124 Å². The minimum Gasteiger partial charge on any atom is -0.462 e. The first-order chi connectivity index (χ1) is 10.1. The summed E-state index contributed by atoms with van der Waals surface area (Å²) in [4.78, 5) is 25.6. The van der Waals surface area contributed by atoms with E-state index in [0.717, 1.165) is 25.9 Å². The maximum atomic E-state index is 12.0. The molecule has 6 nitrogen and oxygen atoms in total. The van der Waals surface area contributed by atoms with Gasteiger partial charge in [-0.05, 0) is 38.0 Å². The number of hydrogen-bond acceptors (Lipinski definition) is 5. The van der Waals surface area contributed by atoms with Crippen molar-refractivity contribution < 1.29 is 14.3 Å². The van der Waals surface area contributed by atoms with Crippen LogP contribution >= 0.6 is 0 Å². The van der Waals surface area contributed by atoms with Crippen LogP contribution in [0, 0.1) is 0 Å². The van der Waals surface area contributed by atoms with Crippen molar-refractivity contribution in [3.63, 3.8) is 0 Å². The van der Waals surface area contributed by atoms with E-state index in [0.29, 0.717) is 23.5 Å². The van der Waals surface area contributed by atoms with E-state index in [1.807, 2.05) is 4.90 Å². The van der Waals surface area contributed by atoms with Gasteiger partial charge in [-0.1, -0.05) is 0 Å². The van der Waals surface area contributed by atoms with E-state index >= 15 is 0 Å². The molecule has 1 amide bonds. The van der Waals surface area contributed by atoms with Crippen molar-refractivity contribution in [3.8, 4) is 0 Å². The van der Waals surface area contributed by atoms with Gasteiger partial charge in [-0.25, -0.2) is 4.79 Å². The van der Waals surface area contributed by atoms with Crippen molar-refractivity contribution in [2.75, 3.05) is 37.3 Å². The Morgan fingerprint density at radius 2 is 2.05 bits per heavy atom. The molecule has 1 saturated heterocycles. The van der Waals surface area contributed by atoms with Crippen LogP contribution in [0.2, 0.25) is 0 Å². The van der Waals surface area contributed by atoms with Gasteiger partial charge in [-0.3, -0.25) is 4.79 Å². The summed E-state index contributed by atoms with van der Waals surface area (Å²) in [6.07, 6.45) is 2.14. The minimum atomic E-state index is -0.454. The third-order valence-corrected chi connectivity index (χ3v) is 3.45. The van der Waals surface area contributed by atoms with Gasteiger partial charge in [0.1, 0.15) is 0 Å². The molecular formula is C15H21N3O3. The SMILES string of the molecule is CCOC(=O)c1cc(NCC(=O)N2CCCC2)ccc1N. The molecule has 0 atom stereocenters. The molecule has 0 bridgehead atoms. The van der Waals surface area contributed by atoms with Crippen LogP contribution in [0.1, 0.15) is 30.1 Å². The Morgan fingerprint density at radius 3 is 2.71 bits per heavy atom. The van der Waals surface area contributed by atoms with E-state index in [1.165, 1.54) is 0 Å². The molecule has 0 spiro atoms. The highest BCUT2D eigenvalue weighted by molar-refractivity contribution is 5.96. The Balaban J connectivity index is 1.98. The average molecular weight is 291 g/mol. The third kappa shape index (κ3) is 3.87. The number of ether oxygens (including phenoxy) is 1. The van der Waals surface area contributed by atoms with Gasteiger partial charge in [0.15, 0.2) is 0 Å². The number of carbonyl (C=O) groups is 2. The molecule has 0 aromatic heterocycles. The maximum Gasteiger partial charge on any atom is 0.340 e. The Morgan fingerprint density at radius 1 is 1.33 bits per heavy atom. The number of esters is 1. The van der Waals surface area contributed by atoms with Gasteiger partial charge in [0, 0.05) is 24.5 Å². The molecule has 0 aliphatic carbocycles. The Bertz CT molecular complexity index is 525. The first-order valence-electron chi connectivity index (χ1n) is 7.20. The van der Waals surface area contributed by atoms with Gasteiger partial charge in [0.2, 0.25) is 5.91 Å². The second kappa shape index (κ2) is 6.97. The fraction of sp³-hybridized carbons (Fsp3) is 0.467. The largest absolute Gasteiger partial charge is 0.462 e. The summed E-state index contributed by atoms with van der Waals surface area (Å²) in [6.45, 7) is 3.91. The van der Waals surface area contributed by atoms with Gasteiger partial charge in [0.25, 0.3) is 0 Å². The molecule has 1 aliphatic rings. The fourth-order valence-corrected chi connectivity index (χ4v) is 2.31. The second-order valence-electron chi connectivity index (χ2n) is 4.96. The van der Waals surface area contributed by atoms with Crippen LogP contribution in [0.5, 0.6) is 0 Å². The molecule has 0 radical (unpaired) electrons. The van der Waals surface area contributed by atoms with E-state index in [-0.39, 0.29) is 12.5 Å². The van der Waals surface area contributed by atoms with E-state index in [2.05, 4.69) is 5.32 Å². The zero-order valence-corrected chi connectivity index (χ0v) is 12.2. The topological polar surface area (TPSA) is 84.7 Å². The molecule has 3 N–H and O–H groups in total. The van der Waals surface area contributed by atoms with Crippen LogP contribution in [-0.2, 0) is 9.53 Å². The van der Waals surface area contributed by atoms with Crippen LogP contribution in [0.25, 0.3) is 0 Å². The van der Waals surface area contributed by atoms with Crippen LogP contribution in [-0.4, -0.2) is 43.0 Å². The van der Waals surface area contributed by atoms with E-state index in [1.54, 1.807) is 25.1 Å². The highest BCUT2D eigenvalue weighted by Crippen LogP contribution is 2.19. The predicted octanol–water partition coefficient (Wildman–Crippen LogP) is 1.48. The number of benzene rings is 1. The number of hydrogen-bond donors (Lipinski definition) is 2. The Kier molecular flexibility index (Phi) is 5.03. The van der Waals surface area contributed by atoms with Crippen LogP contribution in [0.15, 0.2) is 18.2 Å². The average Bonchev–Trinajstić information content (AvgIpc) is 3.00. The Hall–Kier alpha value is -2.24. The quantitative estimate of drug-likeness (QED) is 0.634. The summed E-state index contributed by atoms with van der Waals surface area (Å²) in [6, 6.07) is 4.99. The van der Waals surface area contributed by atoms with Gasteiger partial charge >= 0.3 is 5.97 Å². The van der Waals surface area contributed by atoms with Crippen LogP contribution in [0.3, 0.4) is 0 Å². The molecule has 1 fully saturated rings. The highest BCUT2D eigenvalue weighted by atomic mass is 16.5. The van der Waals surface area contributed by atoms with Gasteiger partial charge in [0.05, 0.1) is 18.7 Å². The lowest BCUT2D eigenvalue weighted by Crippen LogP contribution is -2.33. The zero-order chi connectivity index (χ0) is 15.2. The summed E-state index contributed by atoms with van der Waals surface area (Å²) in [7, 11) is 0. The number of rotatable bonds is 5. The summed E-state index contributed by atoms with van der Waals surface area (Å²) >= 11 is 0. The molecule has 1 heterocycles. The molecule has 114 valence electrons. The van der Waals surface area contributed by atoms with Gasteiger partial charge < -0.3 is 20.7 Å². The number of nitrogens with one attached hydrogen (secondary N) is 1. The maximum absolute atomic E-state index is 12.0. The van der Waals surface area contributed by atoms with Gasteiger partial charge in [-0.2, -0.15) is 0 Å². The molecule has 1 aromatic rings. The van der Waals surface area contributed by atoms with Crippen LogP contribution in [0.4, 0.5) is 11.4 Å². The minimum absolute atomic E-state index is 0.0713. The van der Waals surface area contributed by atoms with E-state index in [9.17, 15) is 9.59 Å². The molecular weight excluding hydrogens is 270 g/mol. The van der Waals surface area contributed by atoms with Crippen molar-refractivity contribution in [3.05, 3.63) is 23.8 Å². The molecule has 6 heteroatoms. The number of likely N-dealkylation sites (tertiary alicyclic amines) is 1. The lowest BCUT2D eigenvalue weighted by atomic mass is 10.1. The summed E-state index contributed by atoms with van der Waals surface area (Å²) in [5.74, 6) is -0.383. The summed E-state index contributed by atoms with van der Waals surface area (Å²) in [5.41, 5.74) is 7.13. The first-order valence-corrected chi connectivity index (χ1v) is 7.20. The number of nitrogens with two attached hydrogens (primary N) is 1. The van der Waals surface area contributed by atoms with Crippen LogP contribution < -0.4 is 11.1 Å². The first kappa shape index (κ1) is 15.2.